The molecule has 0 radical (unpaired) electrons. The lowest BCUT2D eigenvalue weighted by Gasteiger charge is -2.32. The number of carbonyl (C=O) groups excluding carboxylic acids is 2. The van der Waals surface area contributed by atoms with Gasteiger partial charge >= 0.3 is 0 Å². The van der Waals surface area contributed by atoms with Crippen LogP contribution in [-0.4, -0.2) is 51.4 Å². The lowest BCUT2D eigenvalue weighted by Crippen LogP contribution is -2.51. The van der Waals surface area contributed by atoms with Crippen LogP contribution in [0.1, 0.15) is 30.5 Å². The van der Waals surface area contributed by atoms with Gasteiger partial charge in [0, 0.05) is 17.6 Å². The Labute approximate surface area is 239 Å². The van der Waals surface area contributed by atoms with E-state index < -0.39 is 28.5 Å². The minimum atomic E-state index is -4.19. The van der Waals surface area contributed by atoms with Crippen molar-refractivity contribution in [2.75, 3.05) is 24.5 Å². The predicted molar refractivity (Wildman–Crippen MR) is 156 cm³/mol. The molecule has 0 bridgehead atoms. The molecule has 39 heavy (non-hydrogen) atoms. The highest BCUT2D eigenvalue weighted by Gasteiger charge is 2.33. The van der Waals surface area contributed by atoms with E-state index in [1.165, 1.54) is 24.1 Å². The van der Waals surface area contributed by atoms with Crippen LogP contribution in [0.25, 0.3) is 0 Å². The summed E-state index contributed by atoms with van der Waals surface area (Å²) in [6, 6.07) is 18.1. The second-order valence-corrected chi connectivity index (χ2v) is 12.0. The number of anilines is 1. The van der Waals surface area contributed by atoms with E-state index in [2.05, 4.69) is 21.2 Å². The molecule has 0 fully saturated rings. The first kappa shape index (κ1) is 30.2. The molecule has 0 aliphatic heterocycles. The molecule has 0 aromatic heterocycles. The summed E-state index contributed by atoms with van der Waals surface area (Å²) in [6.07, 6.45) is 0. The van der Waals surface area contributed by atoms with Crippen molar-refractivity contribution in [3.8, 4) is 5.75 Å². The monoisotopic (exact) mass is 615 g/mol. The van der Waals surface area contributed by atoms with E-state index in [1.54, 1.807) is 44.2 Å². The number of ether oxygens (including phenoxy) is 1. The molecule has 3 aromatic carbocycles. The smallest absolute Gasteiger partial charge is 0.264 e. The molecule has 8 nitrogen and oxygen atoms in total. The maximum absolute atomic E-state index is 14.0. The number of sulfonamides is 1. The highest BCUT2D eigenvalue weighted by molar-refractivity contribution is 9.10. The summed E-state index contributed by atoms with van der Waals surface area (Å²) in [7, 11) is -2.74. The summed E-state index contributed by atoms with van der Waals surface area (Å²) in [5.74, 6) is -0.561. The van der Waals surface area contributed by atoms with Crippen LogP contribution in [0.4, 0.5) is 5.69 Å². The fourth-order valence-electron chi connectivity index (χ4n) is 4.08. The fraction of sp³-hybridized carbons (Fsp3) is 0.310. The molecule has 208 valence electrons. The van der Waals surface area contributed by atoms with Crippen LogP contribution in [0.3, 0.4) is 0 Å². The number of methoxy groups -OCH3 is 1. The predicted octanol–water partition coefficient (Wildman–Crippen LogP) is 4.82. The first-order valence-corrected chi connectivity index (χ1v) is 14.8. The summed E-state index contributed by atoms with van der Waals surface area (Å²) in [5.41, 5.74) is 2.72. The Morgan fingerprint density at radius 2 is 1.67 bits per heavy atom. The molecule has 0 heterocycles. The Balaban J connectivity index is 2.10. The van der Waals surface area contributed by atoms with E-state index in [9.17, 15) is 18.0 Å². The minimum absolute atomic E-state index is 0.0415. The zero-order valence-corrected chi connectivity index (χ0v) is 25.2. The number of aryl methyl sites for hydroxylation is 2. The molecule has 0 saturated carbocycles. The Kier molecular flexibility index (Phi) is 10.2. The topological polar surface area (TPSA) is 96.0 Å². The quantitative estimate of drug-likeness (QED) is 0.333. The summed E-state index contributed by atoms with van der Waals surface area (Å²) in [4.78, 5) is 28.2. The number of hydrogen-bond acceptors (Lipinski definition) is 5. The van der Waals surface area contributed by atoms with Crippen molar-refractivity contribution in [2.24, 2.45) is 0 Å². The van der Waals surface area contributed by atoms with Crippen molar-refractivity contribution in [3.63, 3.8) is 0 Å². The van der Waals surface area contributed by atoms with Crippen LogP contribution < -0.4 is 14.4 Å². The standard InChI is InChI=1S/C29H34BrN3O5S/c1-6-31-29(35)22(4)32(18-23-8-7-9-24(30)17-23)28(34)19-33(26-16-21(3)12-15-27(26)38-5)39(36,37)25-13-10-20(2)11-14-25/h7-17,22H,6,18-19H2,1-5H3,(H,31,35). The average molecular weight is 617 g/mol. The largest absolute Gasteiger partial charge is 0.495 e. The van der Waals surface area contributed by atoms with Crippen LogP contribution >= 0.6 is 15.9 Å². The minimum Gasteiger partial charge on any atom is -0.495 e. The highest BCUT2D eigenvalue weighted by Crippen LogP contribution is 2.34. The third-order valence-corrected chi connectivity index (χ3v) is 8.52. The molecule has 3 aromatic rings. The van der Waals surface area contributed by atoms with E-state index >= 15 is 0 Å². The molecule has 3 rings (SSSR count). The van der Waals surface area contributed by atoms with Gasteiger partial charge in [0.25, 0.3) is 10.0 Å². The third kappa shape index (κ3) is 7.39. The van der Waals surface area contributed by atoms with Gasteiger partial charge in [-0.1, -0.05) is 51.8 Å². The fourth-order valence-corrected chi connectivity index (χ4v) is 5.95. The molecule has 1 unspecified atom stereocenters. The van der Waals surface area contributed by atoms with Gasteiger partial charge in [-0.05, 0) is 75.2 Å². The van der Waals surface area contributed by atoms with E-state index in [1.807, 2.05) is 38.1 Å². The van der Waals surface area contributed by atoms with Crippen LogP contribution in [0.2, 0.25) is 0 Å². The number of benzene rings is 3. The van der Waals surface area contributed by atoms with Crippen molar-refractivity contribution in [1.29, 1.82) is 0 Å². The first-order valence-electron chi connectivity index (χ1n) is 12.5. The van der Waals surface area contributed by atoms with Crippen molar-refractivity contribution in [3.05, 3.63) is 87.9 Å². The third-order valence-electron chi connectivity index (χ3n) is 6.25. The van der Waals surface area contributed by atoms with Gasteiger partial charge in [-0.2, -0.15) is 0 Å². The maximum atomic E-state index is 14.0. The average Bonchev–Trinajstić information content (AvgIpc) is 2.90. The molecule has 0 aliphatic carbocycles. The lowest BCUT2D eigenvalue weighted by molar-refractivity contribution is -0.139. The summed E-state index contributed by atoms with van der Waals surface area (Å²) < 4.78 is 35.4. The number of nitrogens with one attached hydrogen (secondary N) is 1. The highest BCUT2D eigenvalue weighted by atomic mass is 79.9. The summed E-state index contributed by atoms with van der Waals surface area (Å²) in [5, 5.41) is 2.76. The number of nitrogens with zero attached hydrogens (tertiary/aromatic N) is 2. The maximum Gasteiger partial charge on any atom is 0.264 e. The Bertz CT molecular complexity index is 1430. The molecule has 2 amide bonds. The van der Waals surface area contributed by atoms with Crippen LogP contribution in [0, 0.1) is 13.8 Å². The van der Waals surface area contributed by atoms with Crippen LogP contribution in [-0.2, 0) is 26.2 Å². The molecule has 10 heteroatoms. The van der Waals surface area contributed by atoms with E-state index in [0.717, 1.165) is 25.5 Å². The van der Waals surface area contributed by atoms with Gasteiger partial charge in [0.2, 0.25) is 11.8 Å². The van der Waals surface area contributed by atoms with Crippen molar-refractivity contribution in [1.82, 2.24) is 10.2 Å². The van der Waals surface area contributed by atoms with Gasteiger partial charge in [-0.25, -0.2) is 8.42 Å². The van der Waals surface area contributed by atoms with Gasteiger partial charge < -0.3 is 15.0 Å². The molecule has 0 spiro atoms. The lowest BCUT2D eigenvalue weighted by atomic mass is 10.1. The molecular weight excluding hydrogens is 582 g/mol. The number of rotatable bonds is 11. The molecular formula is C29H34BrN3O5S. The summed E-state index contributed by atoms with van der Waals surface area (Å²) in [6.45, 7) is 7.10. The number of halogens is 1. The van der Waals surface area contributed by atoms with Gasteiger partial charge in [-0.3, -0.25) is 13.9 Å². The zero-order valence-electron chi connectivity index (χ0n) is 22.8. The zero-order chi connectivity index (χ0) is 28.7. The van der Waals surface area contributed by atoms with Gasteiger partial charge in [0.1, 0.15) is 18.3 Å². The van der Waals surface area contributed by atoms with Crippen LogP contribution in [0.15, 0.2) is 76.1 Å². The van der Waals surface area contributed by atoms with Crippen molar-refractivity contribution >= 4 is 43.5 Å². The Morgan fingerprint density at radius 1 is 1.00 bits per heavy atom. The molecule has 1 N–H and O–H groups in total. The van der Waals surface area contributed by atoms with E-state index in [4.69, 9.17) is 4.74 Å². The molecule has 0 aliphatic rings. The van der Waals surface area contributed by atoms with Gasteiger partial charge in [0.05, 0.1) is 17.7 Å². The normalized spacial score (nSPS) is 11.9. The number of amides is 2. The Morgan fingerprint density at radius 3 is 2.28 bits per heavy atom. The Hall–Kier alpha value is -3.37. The summed E-state index contributed by atoms with van der Waals surface area (Å²) >= 11 is 3.45. The van der Waals surface area contributed by atoms with E-state index in [-0.39, 0.29) is 23.0 Å². The second-order valence-electron chi connectivity index (χ2n) is 9.22. The number of carbonyl (C=O) groups is 2. The van der Waals surface area contributed by atoms with Gasteiger partial charge in [-0.15, -0.1) is 0 Å². The number of hydrogen-bond donors (Lipinski definition) is 1. The van der Waals surface area contributed by atoms with Crippen LogP contribution in [0.5, 0.6) is 5.75 Å². The number of likely N-dealkylation sites (N-methyl/N-ethyl adjacent to an activating group) is 1. The molecule has 0 saturated heterocycles. The SMILES string of the molecule is CCNC(=O)C(C)N(Cc1cccc(Br)c1)C(=O)CN(c1cc(C)ccc1OC)S(=O)(=O)c1ccc(C)cc1. The van der Waals surface area contributed by atoms with Crippen molar-refractivity contribution in [2.45, 2.75) is 45.2 Å². The van der Waals surface area contributed by atoms with E-state index in [0.29, 0.717) is 12.3 Å². The molecule has 1 atom stereocenters. The van der Waals surface area contributed by atoms with Crippen molar-refractivity contribution < 1.29 is 22.7 Å². The van der Waals surface area contributed by atoms with Gasteiger partial charge in [0.15, 0.2) is 0 Å². The first-order chi connectivity index (χ1) is 18.5. The second kappa shape index (κ2) is 13.1.